The summed E-state index contributed by atoms with van der Waals surface area (Å²) in [6.07, 6.45) is -0.561. The number of ether oxygens (including phenoxy) is 2. The number of ketones is 1. The van der Waals surface area contributed by atoms with Crippen molar-refractivity contribution < 1.29 is 41.1 Å². The Morgan fingerprint density at radius 2 is 1.67 bits per heavy atom. The van der Waals surface area contributed by atoms with Gasteiger partial charge in [0, 0.05) is 20.5 Å². The van der Waals surface area contributed by atoms with Gasteiger partial charge < -0.3 is 13.9 Å². The average molecular weight is 645 g/mol. The molecule has 1 aromatic carbocycles. The summed E-state index contributed by atoms with van der Waals surface area (Å²) in [6.45, 7) is 15.5. The molecule has 1 heterocycles. The molecule has 0 saturated carbocycles. The number of nitrogens with zero attached hydrogens (tertiary/aromatic N) is 2. The van der Waals surface area contributed by atoms with Crippen LogP contribution in [0.25, 0.3) is 0 Å². The van der Waals surface area contributed by atoms with E-state index in [2.05, 4.69) is 25.8 Å². The molecule has 0 aliphatic carbocycles. The largest absolute Gasteiger partial charge is 0.457 e. The van der Waals surface area contributed by atoms with Gasteiger partial charge in [-0.3, -0.25) is 9.59 Å². The van der Waals surface area contributed by atoms with E-state index >= 15 is 0 Å². The van der Waals surface area contributed by atoms with Gasteiger partial charge in [-0.05, 0) is 62.7 Å². The third-order valence-electron chi connectivity index (χ3n) is 6.70. The topological polar surface area (TPSA) is 129 Å². The lowest BCUT2D eigenvalue weighted by Crippen LogP contribution is -2.45. The van der Waals surface area contributed by atoms with E-state index in [1.807, 2.05) is 13.1 Å². The first-order valence-corrected chi connectivity index (χ1v) is 18.5. The molecule has 0 spiro atoms. The number of hydrogen-bond acceptors (Lipinski definition) is 9. The second kappa shape index (κ2) is 13.5. The second-order valence-corrected chi connectivity index (χ2v) is 20.4. The number of esters is 1. The van der Waals surface area contributed by atoms with Gasteiger partial charge in [0.05, 0.1) is 11.0 Å². The van der Waals surface area contributed by atoms with Gasteiger partial charge in [0.25, 0.3) is 0 Å². The molecule has 0 bridgehead atoms. The fourth-order valence-electron chi connectivity index (χ4n) is 3.43. The van der Waals surface area contributed by atoms with Crippen molar-refractivity contribution >= 4 is 53.0 Å². The number of Topliss-reactive ketones (excluding diaryl/α,β-unsaturated/α-hetero) is 1. The van der Waals surface area contributed by atoms with E-state index in [4.69, 9.17) is 13.9 Å². The van der Waals surface area contributed by atoms with Crippen molar-refractivity contribution in [1.82, 2.24) is 4.31 Å². The molecule has 0 fully saturated rings. The lowest BCUT2D eigenvalue weighted by Gasteiger charge is -2.40. The third-order valence-corrected chi connectivity index (χ3v) is 14.5. The molecule has 1 aliphatic rings. The van der Waals surface area contributed by atoms with Crippen molar-refractivity contribution in [3.63, 3.8) is 0 Å². The number of halogens is 1. The molecule has 2 atom stereocenters. The van der Waals surface area contributed by atoms with Crippen LogP contribution in [0.2, 0.25) is 18.1 Å². The molecule has 2 unspecified atom stereocenters. The lowest BCUT2D eigenvalue weighted by atomic mass is 10.1. The van der Waals surface area contributed by atoms with Crippen LogP contribution >= 0.6 is 11.8 Å². The Bertz CT molecular complexity index is 1350. The second-order valence-electron chi connectivity index (χ2n) is 12.4. The number of rotatable bonds is 10. The lowest BCUT2D eigenvalue weighted by molar-refractivity contribution is -0.144. The zero-order chi connectivity index (χ0) is 32.3. The Kier molecular flexibility index (Phi) is 11.5. The standard InChI is InChI=1S/C28H41FN2O8S2Si/c1-18(32)37-17-21(33)23-15-24(25(40-23)30-26(34)38-27(2,3)4)41(35,36)31(8)16-22(19-11-13-20(29)14-12-19)39-42(9,10)28(5,6)7/h11-15,22,24H,16-17H2,1-10H3. The Balaban J connectivity index is 2.49. The molecule has 2 rings (SSSR count). The van der Waals surface area contributed by atoms with Crippen LogP contribution < -0.4 is 0 Å². The zero-order valence-corrected chi connectivity index (χ0v) is 28.4. The summed E-state index contributed by atoms with van der Waals surface area (Å²) < 4.78 is 59.4. The Hall–Kier alpha value is -2.39. The van der Waals surface area contributed by atoms with Crippen LogP contribution in [0.1, 0.15) is 60.1 Å². The number of carbonyl (C=O) groups excluding carboxylic acids is 3. The number of amides is 1. The van der Waals surface area contributed by atoms with E-state index in [1.165, 1.54) is 25.3 Å². The summed E-state index contributed by atoms with van der Waals surface area (Å²) in [6, 6.07) is 5.68. The van der Waals surface area contributed by atoms with Gasteiger partial charge in [0.15, 0.2) is 14.9 Å². The molecular formula is C28H41FN2O8S2Si. The summed E-state index contributed by atoms with van der Waals surface area (Å²) >= 11 is 0.705. The SMILES string of the molecule is CC(=O)OCC(=O)C1=CC(S(=O)(=O)N(C)CC(O[Si](C)(C)C(C)(C)C)c2ccc(F)cc2)C(=NC(=O)OC(C)(C)C)S1. The number of thioether (sulfide) groups is 1. The molecule has 1 amide bonds. The van der Waals surface area contributed by atoms with Gasteiger partial charge in [0.2, 0.25) is 15.8 Å². The summed E-state index contributed by atoms with van der Waals surface area (Å²) in [4.78, 5) is 40.3. The Morgan fingerprint density at radius 1 is 1.10 bits per heavy atom. The molecule has 14 heteroatoms. The Morgan fingerprint density at radius 3 is 2.17 bits per heavy atom. The predicted molar refractivity (Wildman–Crippen MR) is 164 cm³/mol. The summed E-state index contributed by atoms with van der Waals surface area (Å²) in [7, 11) is -5.34. The fraction of sp³-hybridized carbons (Fsp3) is 0.571. The van der Waals surface area contributed by atoms with Crippen LogP contribution in [0, 0.1) is 5.82 Å². The first-order chi connectivity index (χ1) is 19.0. The van der Waals surface area contributed by atoms with Crippen LogP contribution in [-0.2, 0) is 33.5 Å². The van der Waals surface area contributed by atoms with E-state index < -0.39 is 65.6 Å². The molecular weight excluding hydrogens is 604 g/mol. The van der Waals surface area contributed by atoms with Crippen LogP contribution in [0.4, 0.5) is 9.18 Å². The highest BCUT2D eigenvalue weighted by atomic mass is 32.2. The van der Waals surface area contributed by atoms with Crippen LogP contribution in [0.5, 0.6) is 0 Å². The van der Waals surface area contributed by atoms with Crippen molar-refractivity contribution in [3.05, 3.63) is 46.6 Å². The van der Waals surface area contributed by atoms with E-state index in [0.717, 1.165) is 11.2 Å². The van der Waals surface area contributed by atoms with Crippen molar-refractivity contribution in [2.45, 2.75) is 83.6 Å². The van der Waals surface area contributed by atoms with Gasteiger partial charge in [-0.2, -0.15) is 4.99 Å². The number of likely N-dealkylation sites (N-methyl/N-ethyl adjacent to an activating group) is 1. The number of carbonyl (C=O) groups is 3. The van der Waals surface area contributed by atoms with E-state index in [1.54, 1.807) is 32.9 Å². The Labute approximate surface area is 253 Å². The zero-order valence-electron chi connectivity index (χ0n) is 25.8. The minimum absolute atomic E-state index is 0.0341. The summed E-state index contributed by atoms with van der Waals surface area (Å²) in [5.74, 6) is -1.75. The summed E-state index contributed by atoms with van der Waals surface area (Å²) in [5, 5.41) is -1.86. The van der Waals surface area contributed by atoms with Gasteiger partial charge >= 0.3 is 12.1 Å². The molecule has 10 nitrogen and oxygen atoms in total. The maximum atomic E-state index is 14.0. The minimum Gasteiger partial charge on any atom is -0.457 e. The van der Waals surface area contributed by atoms with Crippen molar-refractivity contribution in [3.8, 4) is 0 Å². The maximum absolute atomic E-state index is 14.0. The molecule has 0 aromatic heterocycles. The van der Waals surface area contributed by atoms with E-state index in [-0.39, 0.29) is 21.5 Å². The van der Waals surface area contributed by atoms with Crippen LogP contribution in [0.15, 0.2) is 40.2 Å². The number of hydrogen-bond donors (Lipinski definition) is 0. The quantitative estimate of drug-likeness (QED) is 0.236. The van der Waals surface area contributed by atoms with Crippen LogP contribution in [-0.4, -0.2) is 75.0 Å². The van der Waals surface area contributed by atoms with Gasteiger partial charge in [-0.15, -0.1) is 0 Å². The molecule has 0 radical (unpaired) electrons. The molecule has 1 aliphatic heterocycles. The number of aliphatic imine (C=N–C) groups is 1. The predicted octanol–water partition coefficient (Wildman–Crippen LogP) is 5.62. The first kappa shape index (κ1) is 35.8. The van der Waals surface area contributed by atoms with Crippen molar-refractivity contribution in [2.24, 2.45) is 4.99 Å². The molecule has 0 saturated heterocycles. The number of benzene rings is 1. The van der Waals surface area contributed by atoms with Crippen LogP contribution in [0.3, 0.4) is 0 Å². The van der Waals surface area contributed by atoms with E-state index in [0.29, 0.717) is 17.3 Å². The highest BCUT2D eigenvalue weighted by molar-refractivity contribution is 8.20. The maximum Gasteiger partial charge on any atom is 0.434 e. The third kappa shape index (κ3) is 9.83. The number of sulfonamides is 1. The van der Waals surface area contributed by atoms with Gasteiger partial charge in [0.1, 0.15) is 21.7 Å². The molecule has 42 heavy (non-hydrogen) atoms. The molecule has 0 N–H and O–H groups in total. The normalized spacial score (nSPS) is 18.1. The average Bonchev–Trinajstić information content (AvgIpc) is 3.24. The van der Waals surface area contributed by atoms with Crippen molar-refractivity contribution in [2.75, 3.05) is 20.2 Å². The highest BCUT2D eigenvalue weighted by Crippen LogP contribution is 2.40. The highest BCUT2D eigenvalue weighted by Gasteiger charge is 2.43. The summed E-state index contributed by atoms with van der Waals surface area (Å²) in [5.41, 5.74) is -0.292. The minimum atomic E-state index is -4.28. The molecule has 234 valence electrons. The molecule has 1 aromatic rings. The smallest absolute Gasteiger partial charge is 0.434 e. The monoisotopic (exact) mass is 644 g/mol. The fourth-order valence-corrected chi connectivity index (χ4v) is 7.55. The van der Waals surface area contributed by atoms with Crippen molar-refractivity contribution in [1.29, 1.82) is 0 Å². The van der Waals surface area contributed by atoms with E-state index in [9.17, 15) is 27.2 Å². The first-order valence-electron chi connectivity index (χ1n) is 13.3. The van der Waals surface area contributed by atoms with Gasteiger partial charge in [-0.1, -0.05) is 44.7 Å². The van der Waals surface area contributed by atoms with Gasteiger partial charge in [-0.25, -0.2) is 21.9 Å².